The van der Waals surface area contributed by atoms with Gasteiger partial charge in [0.2, 0.25) is 5.91 Å². The lowest BCUT2D eigenvalue weighted by molar-refractivity contribution is -0.143. The number of alkyl halides is 6. The number of hydrogen-bond donors (Lipinski definition) is 0. The van der Waals surface area contributed by atoms with Gasteiger partial charge in [0, 0.05) is 25.9 Å². The lowest BCUT2D eigenvalue weighted by atomic mass is 9.84. The molecule has 0 aromatic heterocycles. The molecule has 1 heterocycles. The number of rotatable bonds is 4. The zero-order valence-electron chi connectivity index (χ0n) is 17.6. The van der Waals surface area contributed by atoms with Crippen LogP contribution in [0.25, 0.3) is 0 Å². The smallest absolute Gasteiger partial charge is 0.371 e. The molecule has 9 heteroatoms. The highest BCUT2D eigenvalue weighted by atomic mass is 19.4. The maximum atomic E-state index is 13.1. The van der Waals surface area contributed by atoms with Crippen molar-refractivity contribution in [3.63, 3.8) is 0 Å². The van der Waals surface area contributed by atoms with Crippen LogP contribution in [-0.2, 0) is 28.5 Å². The molecule has 3 nitrogen and oxygen atoms in total. The summed E-state index contributed by atoms with van der Waals surface area (Å²) in [5, 5.41) is 0. The van der Waals surface area contributed by atoms with Crippen LogP contribution in [0.3, 0.4) is 0 Å². The molecule has 1 saturated heterocycles. The first-order valence-corrected chi connectivity index (χ1v) is 10.1. The Balaban J connectivity index is 1.89. The van der Waals surface area contributed by atoms with Crippen molar-refractivity contribution in [2.75, 3.05) is 13.1 Å². The van der Waals surface area contributed by atoms with Crippen LogP contribution in [0.1, 0.15) is 47.1 Å². The predicted octanol–water partition coefficient (Wildman–Crippen LogP) is 5.95. The third-order valence-electron chi connectivity index (χ3n) is 5.70. The largest absolute Gasteiger partial charge is 0.416 e. The highest BCUT2D eigenvalue weighted by Crippen LogP contribution is 2.37. The second kappa shape index (κ2) is 9.13. The van der Waals surface area contributed by atoms with E-state index >= 15 is 0 Å². The van der Waals surface area contributed by atoms with Gasteiger partial charge in [0.1, 0.15) is 0 Å². The van der Waals surface area contributed by atoms with Gasteiger partial charge < -0.3 is 9.64 Å². The molecule has 3 rings (SSSR count). The van der Waals surface area contributed by atoms with Crippen LogP contribution in [0.5, 0.6) is 0 Å². The normalized spacial score (nSPS) is 19.8. The number of aryl methyl sites for hydroxylation is 1. The van der Waals surface area contributed by atoms with Crippen molar-refractivity contribution < 1.29 is 35.9 Å². The third-order valence-corrected chi connectivity index (χ3v) is 5.70. The Morgan fingerprint density at radius 1 is 1.03 bits per heavy atom. The molecule has 0 unspecified atom stereocenters. The van der Waals surface area contributed by atoms with Crippen molar-refractivity contribution in [2.24, 2.45) is 0 Å². The lowest BCUT2D eigenvalue weighted by Gasteiger charge is -2.39. The Hall–Kier alpha value is -2.55. The Morgan fingerprint density at radius 3 is 2.16 bits per heavy atom. The number of piperidine rings is 1. The molecule has 2 aromatic rings. The molecule has 0 spiro atoms. The van der Waals surface area contributed by atoms with Crippen molar-refractivity contribution in [1.82, 2.24) is 4.90 Å². The Labute approximate surface area is 182 Å². The van der Waals surface area contributed by atoms with Crippen LogP contribution in [0.15, 0.2) is 42.5 Å². The first-order chi connectivity index (χ1) is 14.9. The zero-order valence-corrected chi connectivity index (χ0v) is 17.6. The maximum Gasteiger partial charge on any atom is 0.416 e. The van der Waals surface area contributed by atoms with Gasteiger partial charge in [0.05, 0.1) is 23.8 Å². The molecule has 0 aliphatic carbocycles. The molecular formula is C23H23F6NO2. The minimum absolute atomic E-state index is 0.0950. The molecule has 1 amide bonds. The number of carbonyl (C=O) groups is 1. The van der Waals surface area contributed by atoms with Crippen LogP contribution in [0, 0.1) is 6.92 Å². The van der Waals surface area contributed by atoms with Crippen molar-refractivity contribution in [2.45, 2.75) is 51.2 Å². The first kappa shape index (κ1) is 24.1. The van der Waals surface area contributed by atoms with Gasteiger partial charge >= 0.3 is 12.4 Å². The van der Waals surface area contributed by atoms with Crippen molar-refractivity contribution >= 4 is 5.91 Å². The number of likely N-dealkylation sites (tertiary alicyclic amines) is 1. The van der Waals surface area contributed by atoms with E-state index in [2.05, 4.69) is 0 Å². The van der Waals surface area contributed by atoms with E-state index in [1.165, 1.54) is 6.92 Å². The average Bonchev–Trinajstić information content (AvgIpc) is 2.71. The lowest BCUT2D eigenvalue weighted by Crippen LogP contribution is -2.46. The minimum Gasteiger partial charge on any atom is -0.371 e. The molecular weight excluding hydrogens is 436 g/mol. The Kier molecular flexibility index (Phi) is 6.88. The van der Waals surface area contributed by atoms with E-state index in [0.29, 0.717) is 25.1 Å². The van der Waals surface area contributed by atoms with Gasteiger partial charge in [-0.05, 0) is 48.2 Å². The van der Waals surface area contributed by atoms with Gasteiger partial charge in [-0.1, -0.05) is 24.3 Å². The number of benzene rings is 2. The summed E-state index contributed by atoms with van der Waals surface area (Å²) in [6, 6.07) is 9.02. The van der Waals surface area contributed by atoms with Gasteiger partial charge in [-0.2, -0.15) is 26.3 Å². The molecule has 0 radical (unpaired) electrons. The first-order valence-electron chi connectivity index (χ1n) is 10.1. The van der Waals surface area contributed by atoms with E-state index in [1.54, 1.807) is 4.90 Å². The van der Waals surface area contributed by atoms with Crippen molar-refractivity contribution in [3.05, 3.63) is 70.3 Å². The van der Waals surface area contributed by atoms with Crippen LogP contribution < -0.4 is 0 Å². The Bertz CT molecular complexity index is 937. The predicted molar refractivity (Wildman–Crippen MR) is 106 cm³/mol. The second-order valence-electron chi connectivity index (χ2n) is 7.98. The van der Waals surface area contributed by atoms with Crippen LogP contribution >= 0.6 is 0 Å². The number of halogens is 6. The summed E-state index contributed by atoms with van der Waals surface area (Å²) in [7, 11) is 0. The quantitative estimate of drug-likeness (QED) is 0.529. The highest BCUT2D eigenvalue weighted by Gasteiger charge is 2.37. The number of hydrogen-bond acceptors (Lipinski definition) is 2. The second-order valence-corrected chi connectivity index (χ2v) is 7.98. The summed E-state index contributed by atoms with van der Waals surface area (Å²) < 4.78 is 84.8. The maximum absolute atomic E-state index is 13.1. The SMILES string of the molecule is CC(=O)N1CC[C@@H](c2ccccc2C)[C@@H](OCc2cc(C(F)(F)F)cc(C(F)(F)F)c2)C1. The number of nitrogens with zero attached hydrogens (tertiary/aromatic N) is 1. The summed E-state index contributed by atoms with van der Waals surface area (Å²) in [5.74, 6) is -0.306. The fourth-order valence-corrected chi connectivity index (χ4v) is 4.04. The highest BCUT2D eigenvalue weighted by molar-refractivity contribution is 5.73. The van der Waals surface area contributed by atoms with Gasteiger partial charge in [-0.15, -0.1) is 0 Å². The summed E-state index contributed by atoms with van der Waals surface area (Å²) >= 11 is 0. The van der Waals surface area contributed by atoms with E-state index < -0.39 is 36.2 Å². The molecule has 2 aromatic carbocycles. The van der Waals surface area contributed by atoms with Gasteiger partial charge in [-0.25, -0.2) is 0 Å². The average molecular weight is 459 g/mol. The van der Waals surface area contributed by atoms with E-state index in [-0.39, 0.29) is 30.0 Å². The molecule has 2 atom stereocenters. The van der Waals surface area contributed by atoms with E-state index in [9.17, 15) is 31.1 Å². The van der Waals surface area contributed by atoms with Crippen molar-refractivity contribution in [3.8, 4) is 0 Å². The topological polar surface area (TPSA) is 29.5 Å². The number of amides is 1. The summed E-state index contributed by atoms with van der Waals surface area (Å²) in [4.78, 5) is 13.4. The molecule has 32 heavy (non-hydrogen) atoms. The van der Waals surface area contributed by atoms with E-state index in [4.69, 9.17) is 4.74 Å². The van der Waals surface area contributed by atoms with Crippen molar-refractivity contribution in [1.29, 1.82) is 0 Å². The minimum atomic E-state index is -4.92. The van der Waals surface area contributed by atoms with Gasteiger partial charge in [0.25, 0.3) is 0 Å². The van der Waals surface area contributed by atoms with E-state index in [1.807, 2.05) is 31.2 Å². The summed E-state index contributed by atoms with van der Waals surface area (Å²) in [6.45, 7) is 3.60. The van der Waals surface area contributed by atoms with Crippen LogP contribution in [0.4, 0.5) is 26.3 Å². The summed E-state index contributed by atoms with van der Waals surface area (Å²) in [6.07, 6.45) is -9.84. The molecule has 1 aliphatic heterocycles. The van der Waals surface area contributed by atoms with Gasteiger partial charge in [-0.3, -0.25) is 4.79 Å². The van der Waals surface area contributed by atoms with E-state index in [0.717, 1.165) is 11.1 Å². The monoisotopic (exact) mass is 459 g/mol. The molecule has 0 bridgehead atoms. The fourth-order valence-electron chi connectivity index (χ4n) is 4.04. The number of carbonyl (C=O) groups excluding carboxylic acids is 1. The Morgan fingerprint density at radius 2 is 1.62 bits per heavy atom. The standard InChI is InChI=1S/C23H23F6NO2/c1-14-5-3-4-6-19(14)20-7-8-30(15(2)31)12-21(20)32-13-16-9-17(22(24,25)26)11-18(10-16)23(27,28)29/h3-6,9-11,20-21H,7-8,12-13H2,1-2H3/t20-,21-/m0/s1. The molecule has 1 aliphatic rings. The molecule has 1 fully saturated rings. The molecule has 174 valence electrons. The molecule has 0 saturated carbocycles. The van der Waals surface area contributed by atoms with Crippen LogP contribution in [0.2, 0.25) is 0 Å². The fraction of sp³-hybridized carbons (Fsp3) is 0.435. The molecule has 0 N–H and O–H groups in total. The zero-order chi connectivity index (χ0) is 23.7. The summed E-state index contributed by atoms with van der Waals surface area (Å²) in [5.41, 5.74) is -0.997. The number of ether oxygens (including phenoxy) is 1. The van der Waals surface area contributed by atoms with Crippen LogP contribution in [-0.4, -0.2) is 30.0 Å². The third kappa shape index (κ3) is 5.62. The van der Waals surface area contributed by atoms with Gasteiger partial charge in [0.15, 0.2) is 0 Å².